The van der Waals surface area contributed by atoms with Crippen LogP contribution in [0.25, 0.3) is 66.7 Å². The molecule has 0 N–H and O–H groups in total. The fraction of sp³-hybridized carbons (Fsp3) is 0. The molecule has 0 aliphatic heterocycles. The van der Waals surface area contributed by atoms with Crippen LogP contribution >= 0.6 is 0 Å². The molecule has 47 heavy (non-hydrogen) atoms. The number of oxazole rings is 1. The van der Waals surface area contributed by atoms with Crippen molar-refractivity contribution in [2.45, 2.75) is 0 Å². The molecule has 0 radical (unpaired) electrons. The third-order valence-corrected chi connectivity index (χ3v) is 8.70. The molecular weight excluding hydrogens is 576 g/mol. The Balaban J connectivity index is 1.18. The van der Waals surface area contributed by atoms with Crippen molar-refractivity contribution in [2.75, 3.05) is 4.90 Å². The third-order valence-electron chi connectivity index (χ3n) is 8.70. The van der Waals surface area contributed by atoms with Crippen molar-refractivity contribution in [3.63, 3.8) is 0 Å². The second kappa shape index (κ2) is 11.2. The minimum Gasteiger partial charge on any atom is -0.456 e. The van der Waals surface area contributed by atoms with Gasteiger partial charge in [-0.3, -0.25) is 0 Å². The molecule has 4 nitrogen and oxygen atoms in total. The number of para-hydroxylation sites is 2. The molecule has 0 unspecified atom stereocenters. The summed E-state index contributed by atoms with van der Waals surface area (Å²) in [4.78, 5) is 7.09. The fourth-order valence-electron chi connectivity index (χ4n) is 6.43. The number of nitrogens with zero attached hydrogens (tertiary/aromatic N) is 2. The molecule has 7 aromatic carbocycles. The van der Waals surface area contributed by atoms with Crippen LogP contribution in [0.5, 0.6) is 0 Å². The first-order valence-electron chi connectivity index (χ1n) is 15.7. The second-order valence-electron chi connectivity index (χ2n) is 11.6. The molecule has 0 saturated heterocycles. The van der Waals surface area contributed by atoms with Crippen LogP contribution < -0.4 is 4.90 Å². The Morgan fingerprint density at radius 2 is 1.04 bits per heavy atom. The molecule has 0 spiro atoms. The summed E-state index contributed by atoms with van der Waals surface area (Å²) in [5.41, 5.74) is 11.7. The van der Waals surface area contributed by atoms with Gasteiger partial charge in [-0.05, 0) is 77.4 Å². The van der Waals surface area contributed by atoms with E-state index in [-0.39, 0.29) is 0 Å². The Labute approximate surface area is 271 Å². The molecule has 0 fully saturated rings. The Bertz CT molecular complexity index is 2510. The summed E-state index contributed by atoms with van der Waals surface area (Å²) in [6, 6.07) is 58.6. The Hall–Kier alpha value is -6.39. The van der Waals surface area contributed by atoms with Crippen LogP contribution in [0.2, 0.25) is 0 Å². The van der Waals surface area contributed by atoms with Crippen LogP contribution in [0.3, 0.4) is 0 Å². The molecule has 0 atom stereocenters. The van der Waals surface area contributed by atoms with Crippen molar-refractivity contribution in [2.24, 2.45) is 0 Å². The lowest BCUT2D eigenvalue weighted by Gasteiger charge is -2.26. The van der Waals surface area contributed by atoms with Gasteiger partial charge in [0.25, 0.3) is 0 Å². The third kappa shape index (κ3) is 4.84. The Morgan fingerprint density at radius 1 is 0.404 bits per heavy atom. The molecule has 222 valence electrons. The maximum absolute atomic E-state index is 6.40. The van der Waals surface area contributed by atoms with E-state index in [4.69, 9.17) is 13.8 Å². The van der Waals surface area contributed by atoms with Gasteiger partial charge in [0.2, 0.25) is 5.89 Å². The summed E-state index contributed by atoms with van der Waals surface area (Å²) in [6.07, 6.45) is 0. The first-order chi connectivity index (χ1) is 23.3. The summed E-state index contributed by atoms with van der Waals surface area (Å²) < 4.78 is 12.7. The van der Waals surface area contributed by atoms with Gasteiger partial charge in [-0.2, -0.15) is 0 Å². The van der Waals surface area contributed by atoms with Gasteiger partial charge in [0, 0.05) is 45.0 Å². The first-order valence-corrected chi connectivity index (χ1v) is 15.7. The number of rotatable bonds is 6. The number of benzene rings is 7. The molecule has 0 aliphatic carbocycles. The largest absolute Gasteiger partial charge is 0.456 e. The number of aromatic nitrogens is 1. The van der Waals surface area contributed by atoms with E-state index in [0.717, 1.165) is 66.8 Å². The van der Waals surface area contributed by atoms with E-state index in [0.29, 0.717) is 5.89 Å². The van der Waals surface area contributed by atoms with Crippen molar-refractivity contribution >= 4 is 50.1 Å². The summed E-state index contributed by atoms with van der Waals surface area (Å²) in [7, 11) is 0. The van der Waals surface area contributed by atoms with Crippen LogP contribution in [0, 0.1) is 0 Å². The van der Waals surface area contributed by atoms with E-state index in [1.165, 1.54) is 11.1 Å². The number of furan rings is 1. The summed E-state index contributed by atoms with van der Waals surface area (Å²) in [5, 5.41) is 2.22. The second-order valence-corrected chi connectivity index (χ2v) is 11.6. The highest BCUT2D eigenvalue weighted by atomic mass is 16.3. The first kappa shape index (κ1) is 27.0. The monoisotopic (exact) mass is 604 g/mol. The summed E-state index contributed by atoms with van der Waals surface area (Å²) in [5.74, 6) is 0.614. The zero-order valence-corrected chi connectivity index (χ0v) is 25.4. The minimum atomic E-state index is 0.614. The van der Waals surface area contributed by atoms with Crippen LogP contribution in [0.4, 0.5) is 17.1 Å². The molecule has 2 aromatic heterocycles. The molecule has 0 saturated carbocycles. The normalized spacial score (nSPS) is 11.4. The van der Waals surface area contributed by atoms with Crippen LogP contribution in [0.1, 0.15) is 0 Å². The maximum atomic E-state index is 6.40. The Kier molecular flexibility index (Phi) is 6.43. The zero-order valence-electron chi connectivity index (χ0n) is 25.4. The molecule has 4 heteroatoms. The van der Waals surface area contributed by atoms with Crippen LogP contribution in [-0.4, -0.2) is 4.98 Å². The number of hydrogen-bond acceptors (Lipinski definition) is 4. The predicted molar refractivity (Wildman–Crippen MR) is 192 cm³/mol. The zero-order chi connectivity index (χ0) is 31.2. The van der Waals surface area contributed by atoms with Gasteiger partial charge in [-0.1, -0.05) is 103 Å². The van der Waals surface area contributed by atoms with Gasteiger partial charge in [0.15, 0.2) is 5.58 Å². The van der Waals surface area contributed by atoms with Crippen LogP contribution in [0.15, 0.2) is 179 Å². The Morgan fingerprint density at radius 3 is 1.87 bits per heavy atom. The lowest BCUT2D eigenvalue weighted by molar-refractivity contribution is 0.621. The molecular formula is C43H28N2O2. The SMILES string of the molecule is c1ccc(-c2ccc(N(c3cccc(-c4cccc5nc(-c6ccccc6)oc45)c3)c3ccc4c(c3)oc3ccccc34)cc2)cc1. The van der Waals surface area contributed by atoms with Gasteiger partial charge in [0.05, 0.1) is 0 Å². The number of anilines is 3. The van der Waals surface area contributed by atoms with Gasteiger partial charge in [0.1, 0.15) is 16.7 Å². The van der Waals surface area contributed by atoms with E-state index in [1.54, 1.807) is 0 Å². The van der Waals surface area contributed by atoms with Gasteiger partial charge in [-0.15, -0.1) is 0 Å². The van der Waals surface area contributed by atoms with Crippen molar-refractivity contribution in [1.82, 2.24) is 4.98 Å². The lowest BCUT2D eigenvalue weighted by Crippen LogP contribution is -2.10. The number of fused-ring (bicyclic) bond motifs is 4. The topological polar surface area (TPSA) is 42.4 Å². The highest BCUT2D eigenvalue weighted by Gasteiger charge is 2.18. The maximum Gasteiger partial charge on any atom is 0.227 e. The van der Waals surface area contributed by atoms with Gasteiger partial charge in [-0.25, -0.2) is 4.98 Å². The lowest BCUT2D eigenvalue weighted by atomic mass is 10.0. The van der Waals surface area contributed by atoms with E-state index in [2.05, 4.69) is 114 Å². The molecule has 9 aromatic rings. The van der Waals surface area contributed by atoms with E-state index < -0.39 is 0 Å². The van der Waals surface area contributed by atoms with Gasteiger partial charge >= 0.3 is 0 Å². The van der Waals surface area contributed by atoms with Crippen molar-refractivity contribution < 1.29 is 8.83 Å². The average Bonchev–Trinajstić information content (AvgIpc) is 3.75. The summed E-state index contributed by atoms with van der Waals surface area (Å²) >= 11 is 0. The molecule has 2 heterocycles. The average molecular weight is 605 g/mol. The smallest absolute Gasteiger partial charge is 0.227 e. The van der Waals surface area contributed by atoms with E-state index in [9.17, 15) is 0 Å². The predicted octanol–water partition coefficient (Wildman–Crippen LogP) is 12.2. The molecule has 0 amide bonds. The fourth-order valence-corrected chi connectivity index (χ4v) is 6.43. The quantitative estimate of drug-likeness (QED) is 0.189. The van der Waals surface area contributed by atoms with Gasteiger partial charge < -0.3 is 13.7 Å². The molecule has 9 rings (SSSR count). The highest BCUT2D eigenvalue weighted by molar-refractivity contribution is 6.06. The minimum absolute atomic E-state index is 0.614. The number of hydrogen-bond donors (Lipinski definition) is 0. The van der Waals surface area contributed by atoms with Crippen LogP contribution in [-0.2, 0) is 0 Å². The van der Waals surface area contributed by atoms with Crippen molar-refractivity contribution in [3.8, 4) is 33.7 Å². The highest BCUT2D eigenvalue weighted by Crippen LogP contribution is 2.41. The van der Waals surface area contributed by atoms with Crippen molar-refractivity contribution in [1.29, 1.82) is 0 Å². The molecule has 0 bridgehead atoms. The summed E-state index contributed by atoms with van der Waals surface area (Å²) in [6.45, 7) is 0. The van der Waals surface area contributed by atoms with Crippen molar-refractivity contribution in [3.05, 3.63) is 170 Å². The van der Waals surface area contributed by atoms with E-state index in [1.807, 2.05) is 60.7 Å². The van der Waals surface area contributed by atoms with E-state index >= 15 is 0 Å². The molecule has 0 aliphatic rings. The standard InChI is InChI=1S/C43H28N2O2/c1-3-11-29(12-4-1)30-21-23-33(24-22-30)45(35-25-26-38-37-17-7-8-20-40(37)46-41(38)28-35)34-16-9-15-32(27-34)36-18-10-19-39-42(36)47-43(44-39)31-13-5-2-6-14-31/h1-28H.